The summed E-state index contributed by atoms with van der Waals surface area (Å²) in [6.07, 6.45) is -4.81. The monoisotopic (exact) mass is 313 g/mol. The van der Waals surface area contributed by atoms with Gasteiger partial charge in [0.25, 0.3) is 0 Å². The predicted octanol–water partition coefficient (Wildman–Crippen LogP) is 3.20. The van der Waals surface area contributed by atoms with Crippen molar-refractivity contribution in [3.05, 3.63) is 24.3 Å². The van der Waals surface area contributed by atoms with Crippen molar-refractivity contribution in [1.82, 2.24) is 0 Å². The second kappa shape index (κ2) is 7.77. The molecule has 0 saturated heterocycles. The first-order valence-electron chi connectivity index (χ1n) is 5.76. The van der Waals surface area contributed by atoms with Gasteiger partial charge in [0.05, 0.1) is 18.7 Å². The van der Waals surface area contributed by atoms with Crippen molar-refractivity contribution in [2.75, 3.05) is 18.5 Å². The van der Waals surface area contributed by atoms with Crippen molar-refractivity contribution in [2.45, 2.75) is 19.2 Å². The number of carbonyl (C=O) groups is 1. The molecule has 0 saturated carbocycles. The van der Waals surface area contributed by atoms with Crippen LogP contribution in [0.25, 0.3) is 0 Å². The number of halogens is 5. The first-order valence-corrected chi connectivity index (χ1v) is 5.76. The van der Waals surface area contributed by atoms with Gasteiger partial charge in [-0.2, -0.15) is 22.0 Å². The molecule has 0 atom stereocenters. The van der Waals surface area contributed by atoms with Gasteiger partial charge in [0.15, 0.2) is 0 Å². The van der Waals surface area contributed by atoms with E-state index in [0.717, 1.165) is 0 Å². The molecular weight excluding hydrogens is 301 g/mol. The highest BCUT2D eigenvalue weighted by atomic mass is 19.4. The zero-order valence-electron chi connectivity index (χ0n) is 10.6. The average molecular weight is 313 g/mol. The van der Waals surface area contributed by atoms with Crippen LogP contribution in [0.3, 0.4) is 0 Å². The maximum Gasteiger partial charge on any atom is 0.411 e. The Labute approximate surface area is 116 Å². The summed E-state index contributed by atoms with van der Waals surface area (Å²) in [6, 6.07) is 5.46. The number of nitrogens with one attached hydrogen (secondary N) is 1. The van der Waals surface area contributed by atoms with Crippen molar-refractivity contribution in [2.24, 2.45) is 0 Å². The van der Waals surface area contributed by atoms with Crippen LogP contribution in [0.5, 0.6) is 5.75 Å². The predicted molar refractivity (Wildman–Crippen MR) is 63.2 cm³/mol. The molecule has 118 valence electrons. The summed E-state index contributed by atoms with van der Waals surface area (Å²) in [5.74, 6) is -0.917. The Morgan fingerprint density at radius 1 is 1.24 bits per heavy atom. The zero-order chi connectivity index (χ0) is 15.9. The van der Waals surface area contributed by atoms with Gasteiger partial charge in [0.2, 0.25) is 5.91 Å². The molecule has 0 heterocycles. The third kappa shape index (κ3) is 7.45. The summed E-state index contributed by atoms with van der Waals surface area (Å²) in [5.41, 5.74) is -0.00128. The van der Waals surface area contributed by atoms with Gasteiger partial charge in [-0.25, -0.2) is 0 Å². The quantitative estimate of drug-likeness (QED) is 0.621. The topological polar surface area (TPSA) is 47.6 Å². The molecule has 4 nitrogen and oxygen atoms in total. The lowest BCUT2D eigenvalue weighted by molar-refractivity contribution is -0.174. The molecule has 0 spiro atoms. The van der Waals surface area contributed by atoms with Crippen LogP contribution in [-0.4, -0.2) is 31.9 Å². The highest BCUT2D eigenvalue weighted by molar-refractivity contribution is 5.92. The first kappa shape index (κ1) is 17.2. The zero-order valence-corrected chi connectivity index (χ0v) is 10.6. The van der Waals surface area contributed by atoms with Crippen molar-refractivity contribution in [3.8, 4) is 5.75 Å². The summed E-state index contributed by atoms with van der Waals surface area (Å²) in [6.45, 7) is -4.95. The Bertz CT molecular complexity index is 464. The number of benzene rings is 1. The number of amides is 1. The lowest BCUT2D eigenvalue weighted by Gasteiger charge is -2.12. The summed E-state index contributed by atoms with van der Waals surface area (Å²) in [5, 5.41) is 2.26. The Balaban J connectivity index is 2.44. The molecule has 0 bridgehead atoms. The molecule has 1 rings (SSSR count). The maximum absolute atomic E-state index is 12.1. The van der Waals surface area contributed by atoms with Gasteiger partial charge in [-0.3, -0.25) is 4.79 Å². The second-order valence-electron chi connectivity index (χ2n) is 3.84. The minimum atomic E-state index is -4.46. The Hall–Kier alpha value is -1.90. The lowest BCUT2D eigenvalue weighted by Crippen LogP contribution is -2.20. The van der Waals surface area contributed by atoms with E-state index in [2.05, 4.69) is 14.8 Å². The van der Waals surface area contributed by atoms with Crippen molar-refractivity contribution in [3.63, 3.8) is 0 Å². The molecule has 1 amide bonds. The van der Waals surface area contributed by atoms with E-state index in [4.69, 9.17) is 0 Å². The SMILES string of the molecule is O=C(CCOCC(F)(F)F)Nc1ccccc1OC(F)F. The van der Waals surface area contributed by atoms with E-state index in [0.29, 0.717) is 0 Å². The van der Waals surface area contributed by atoms with E-state index >= 15 is 0 Å². The van der Waals surface area contributed by atoms with Crippen molar-refractivity contribution in [1.29, 1.82) is 0 Å². The molecular formula is C12H12F5NO3. The van der Waals surface area contributed by atoms with Crippen LogP contribution in [0.4, 0.5) is 27.6 Å². The van der Waals surface area contributed by atoms with Crippen LogP contribution >= 0.6 is 0 Å². The van der Waals surface area contributed by atoms with E-state index < -0.39 is 31.9 Å². The fraction of sp³-hybridized carbons (Fsp3) is 0.417. The number of rotatable bonds is 7. The molecule has 0 radical (unpaired) electrons. The number of hydrogen-bond donors (Lipinski definition) is 1. The molecule has 1 aromatic rings. The summed E-state index contributed by atoms with van der Waals surface area (Å²) < 4.78 is 68.1. The van der Waals surface area contributed by atoms with E-state index in [-0.39, 0.29) is 17.9 Å². The minimum Gasteiger partial charge on any atom is -0.433 e. The fourth-order valence-electron chi connectivity index (χ4n) is 1.33. The van der Waals surface area contributed by atoms with Crippen molar-refractivity contribution >= 4 is 11.6 Å². The smallest absolute Gasteiger partial charge is 0.411 e. The molecule has 0 fully saturated rings. The highest BCUT2D eigenvalue weighted by Gasteiger charge is 2.27. The summed E-state index contributed by atoms with van der Waals surface area (Å²) in [4.78, 5) is 11.5. The van der Waals surface area contributed by atoms with Gasteiger partial charge in [0, 0.05) is 0 Å². The molecule has 1 N–H and O–H groups in total. The van der Waals surface area contributed by atoms with Crippen LogP contribution in [0.1, 0.15) is 6.42 Å². The normalized spacial score (nSPS) is 11.5. The molecule has 0 aliphatic rings. The van der Waals surface area contributed by atoms with Crippen LogP contribution in [0.15, 0.2) is 24.3 Å². The number of anilines is 1. The van der Waals surface area contributed by atoms with E-state index in [1.807, 2.05) is 0 Å². The third-order valence-corrected chi connectivity index (χ3v) is 2.12. The standard InChI is InChI=1S/C12H12F5NO3/c13-11(14)21-9-4-2-1-3-8(9)18-10(19)5-6-20-7-12(15,16)17/h1-4,11H,5-7H2,(H,18,19). The maximum atomic E-state index is 12.1. The van der Waals surface area contributed by atoms with Gasteiger partial charge >= 0.3 is 12.8 Å². The Kier molecular flexibility index (Phi) is 6.35. The second-order valence-corrected chi connectivity index (χ2v) is 3.84. The first-order chi connectivity index (χ1) is 9.78. The number of hydrogen-bond acceptors (Lipinski definition) is 3. The summed E-state index contributed by atoms with van der Waals surface area (Å²) in [7, 11) is 0. The summed E-state index contributed by atoms with van der Waals surface area (Å²) >= 11 is 0. The van der Waals surface area contributed by atoms with Gasteiger partial charge in [-0.05, 0) is 12.1 Å². The van der Waals surface area contributed by atoms with E-state index in [1.54, 1.807) is 0 Å². The number of carbonyl (C=O) groups excluding carboxylic acids is 1. The Morgan fingerprint density at radius 3 is 2.52 bits per heavy atom. The minimum absolute atomic E-state index is 0.00128. The fourth-order valence-corrected chi connectivity index (χ4v) is 1.33. The van der Waals surface area contributed by atoms with Crippen LogP contribution < -0.4 is 10.1 Å². The highest BCUT2D eigenvalue weighted by Crippen LogP contribution is 2.25. The number of para-hydroxylation sites is 2. The Morgan fingerprint density at radius 2 is 1.90 bits per heavy atom. The van der Waals surface area contributed by atoms with E-state index in [9.17, 15) is 26.7 Å². The average Bonchev–Trinajstić information content (AvgIpc) is 2.35. The van der Waals surface area contributed by atoms with Crippen LogP contribution in [0.2, 0.25) is 0 Å². The molecule has 9 heteroatoms. The van der Waals surface area contributed by atoms with Crippen LogP contribution in [0, 0.1) is 0 Å². The number of ether oxygens (including phenoxy) is 2. The van der Waals surface area contributed by atoms with E-state index in [1.165, 1.54) is 24.3 Å². The molecule has 1 aromatic carbocycles. The molecule has 0 aliphatic carbocycles. The molecule has 0 unspecified atom stereocenters. The molecule has 0 aliphatic heterocycles. The van der Waals surface area contributed by atoms with Crippen LogP contribution in [-0.2, 0) is 9.53 Å². The van der Waals surface area contributed by atoms with Gasteiger partial charge in [-0.1, -0.05) is 12.1 Å². The number of alkyl halides is 5. The van der Waals surface area contributed by atoms with Crippen molar-refractivity contribution < 1.29 is 36.2 Å². The van der Waals surface area contributed by atoms with Gasteiger partial charge in [0.1, 0.15) is 12.4 Å². The molecule has 21 heavy (non-hydrogen) atoms. The lowest BCUT2D eigenvalue weighted by atomic mass is 10.3. The largest absolute Gasteiger partial charge is 0.433 e. The third-order valence-electron chi connectivity index (χ3n) is 2.12. The molecule has 0 aromatic heterocycles. The van der Waals surface area contributed by atoms with Gasteiger partial charge in [-0.15, -0.1) is 0 Å². The van der Waals surface area contributed by atoms with Gasteiger partial charge < -0.3 is 14.8 Å².